The summed E-state index contributed by atoms with van der Waals surface area (Å²) >= 11 is 6.01. The average molecular weight is 293 g/mol. The van der Waals surface area contributed by atoms with Gasteiger partial charge in [-0.3, -0.25) is 4.98 Å². The summed E-state index contributed by atoms with van der Waals surface area (Å²) in [7, 11) is 1.50. The maximum Gasteiger partial charge on any atom is 0.162 e. The number of benzene rings is 1. The number of phenolic OH excluding ortho intramolecular Hbond substituents is 1. The van der Waals surface area contributed by atoms with Crippen LogP contribution in [0, 0.1) is 0 Å². The Labute approximate surface area is 123 Å². The number of hydrogen-bond acceptors (Lipinski definition) is 4. The zero-order valence-corrected chi connectivity index (χ0v) is 12.2. The van der Waals surface area contributed by atoms with Crippen LogP contribution in [0.15, 0.2) is 36.7 Å². The first-order valence-corrected chi connectivity index (χ1v) is 6.68. The van der Waals surface area contributed by atoms with Gasteiger partial charge >= 0.3 is 0 Å². The Morgan fingerprint density at radius 1 is 1.35 bits per heavy atom. The van der Waals surface area contributed by atoms with Crippen molar-refractivity contribution in [1.82, 2.24) is 10.3 Å². The number of rotatable bonds is 5. The lowest BCUT2D eigenvalue weighted by molar-refractivity contribution is 0.369. The highest BCUT2D eigenvalue weighted by atomic mass is 35.5. The van der Waals surface area contributed by atoms with Crippen molar-refractivity contribution in [2.24, 2.45) is 0 Å². The number of methoxy groups -OCH3 is 1. The molecule has 1 heterocycles. The molecule has 0 amide bonds. The van der Waals surface area contributed by atoms with E-state index in [0.29, 0.717) is 22.9 Å². The van der Waals surface area contributed by atoms with Gasteiger partial charge in [-0.2, -0.15) is 0 Å². The van der Waals surface area contributed by atoms with Crippen molar-refractivity contribution < 1.29 is 9.84 Å². The molecule has 0 saturated carbocycles. The normalized spacial score (nSPS) is 12.2. The van der Waals surface area contributed by atoms with Gasteiger partial charge < -0.3 is 15.2 Å². The number of aromatic hydroxyl groups is 1. The maximum absolute atomic E-state index is 10.1. The summed E-state index contributed by atoms with van der Waals surface area (Å²) in [5.74, 6) is 0.497. The molecular weight excluding hydrogens is 276 g/mol. The molecule has 2 aromatic rings. The minimum Gasteiger partial charge on any atom is -0.504 e. The fourth-order valence-corrected chi connectivity index (χ4v) is 2.18. The van der Waals surface area contributed by atoms with Gasteiger partial charge in [0.1, 0.15) is 0 Å². The topological polar surface area (TPSA) is 54.4 Å². The zero-order chi connectivity index (χ0) is 14.5. The molecule has 0 saturated heterocycles. The molecule has 106 valence electrons. The lowest BCUT2D eigenvalue weighted by Crippen LogP contribution is -2.18. The molecule has 20 heavy (non-hydrogen) atoms. The van der Waals surface area contributed by atoms with Crippen molar-refractivity contribution in [3.05, 3.63) is 52.8 Å². The number of halogens is 1. The lowest BCUT2D eigenvalue weighted by atomic mass is 10.1. The average Bonchev–Trinajstić information content (AvgIpc) is 2.48. The summed E-state index contributed by atoms with van der Waals surface area (Å²) in [6, 6.07) is 7.37. The highest BCUT2D eigenvalue weighted by molar-refractivity contribution is 6.30. The second-order valence-electron chi connectivity index (χ2n) is 4.50. The first-order valence-electron chi connectivity index (χ1n) is 6.30. The second kappa shape index (κ2) is 6.59. The van der Waals surface area contributed by atoms with Crippen LogP contribution in [0.1, 0.15) is 24.1 Å². The number of aromatic nitrogens is 1. The van der Waals surface area contributed by atoms with Gasteiger partial charge in [-0.1, -0.05) is 11.6 Å². The first kappa shape index (κ1) is 14.6. The molecule has 2 rings (SSSR count). The SMILES string of the molecule is COc1cc(Cl)cc(CN[C@@H](C)c2ccncc2)c1O. The smallest absolute Gasteiger partial charge is 0.162 e. The standard InChI is InChI=1S/C15H17ClN2O2/c1-10(11-3-5-17-6-4-11)18-9-12-7-13(16)8-14(20-2)15(12)19/h3-8,10,18-19H,9H2,1-2H3/t10-/m0/s1. The molecule has 1 aromatic heterocycles. The second-order valence-corrected chi connectivity index (χ2v) is 4.94. The monoisotopic (exact) mass is 292 g/mol. The molecule has 0 fully saturated rings. The van der Waals surface area contributed by atoms with Gasteiger partial charge in [-0.25, -0.2) is 0 Å². The number of phenols is 1. The largest absolute Gasteiger partial charge is 0.504 e. The first-order chi connectivity index (χ1) is 9.61. The van der Waals surface area contributed by atoms with E-state index in [9.17, 15) is 5.11 Å². The summed E-state index contributed by atoms with van der Waals surface area (Å²) in [4.78, 5) is 3.99. The third-order valence-corrected chi connectivity index (χ3v) is 3.36. The van der Waals surface area contributed by atoms with Gasteiger partial charge in [-0.15, -0.1) is 0 Å². The maximum atomic E-state index is 10.1. The van der Waals surface area contributed by atoms with E-state index in [1.807, 2.05) is 19.1 Å². The molecule has 0 spiro atoms. The van der Waals surface area contributed by atoms with Crippen molar-refractivity contribution >= 4 is 11.6 Å². The predicted molar refractivity (Wildman–Crippen MR) is 79.2 cm³/mol. The molecule has 0 aliphatic heterocycles. The minimum atomic E-state index is 0.117. The van der Waals surface area contributed by atoms with E-state index in [0.717, 1.165) is 5.56 Å². The Hall–Kier alpha value is -1.78. The van der Waals surface area contributed by atoms with E-state index in [1.54, 1.807) is 24.5 Å². The van der Waals surface area contributed by atoms with Crippen LogP contribution in [0.4, 0.5) is 0 Å². The molecule has 2 N–H and O–H groups in total. The molecule has 1 atom stereocenters. The molecule has 4 nitrogen and oxygen atoms in total. The van der Waals surface area contributed by atoms with Crippen molar-refractivity contribution in [3.63, 3.8) is 0 Å². The molecule has 0 bridgehead atoms. The minimum absolute atomic E-state index is 0.117. The summed E-state index contributed by atoms with van der Waals surface area (Å²) in [6.45, 7) is 2.54. The number of ether oxygens (including phenoxy) is 1. The summed E-state index contributed by atoms with van der Waals surface area (Å²) < 4.78 is 5.09. The van der Waals surface area contributed by atoms with Crippen LogP contribution in [0.3, 0.4) is 0 Å². The van der Waals surface area contributed by atoms with Crippen molar-refractivity contribution in [3.8, 4) is 11.5 Å². The van der Waals surface area contributed by atoms with Crippen LogP contribution in [-0.4, -0.2) is 17.2 Å². The predicted octanol–water partition coefficient (Wildman–Crippen LogP) is 3.30. The van der Waals surface area contributed by atoms with Crippen LogP contribution in [0.2, 0.25) is 5.02 Å². The van der Waals surface area contributed by atoms with Crippen molar-refractivity contribution in [2.75, 3.05) is 7.11 Å². The van der Waals surface area contributed by atoms with Crippen molar-refractivity contribution in [2.45, 2.75) is 19.5 Å². The van der Waals surface area contributed by atoms with Gasteiger partial charge in [0.2, 0.25) is 0 Å². The van der Waals surface area contributed by atoms with E-state index in [4.69, 9.17) is 16.3 Å². The summed E-state index contributed by atoms with van der Waals surface area (Å²) in [6.07, 6.45) is 3.51. The molecule has 0 aliphatic rings. The fraction of sp³-hybridized carbons (Fsp3) is 0.267. The van der Waals surface area contributed by atoms with E-state index >= 15 is 0 Å². The van der Waals surface area contributed by atoms with Crippen LogP contribution in [0.25, 0.3) is 0 Å². The lowest BCUT2D eigenvalue weighted by Gasteiger charge is -2.16. The van der Waals surface area contributed by atoms with Crippen LogP contribution in [-0.2, 0) is 6.54 Å². The third-order valence-electron chi connectivity index (χ3n) is 3.14. The van der Waals surface area contributed by atoms with Gasteiger partial charge in [0.05, 0.1) is 7.11 Å². The molecule has 0 radical (unpaired) electrons. The van der Waals surface area contributed by atoms with E-state index in [2.05, 4.69) is 10.3 Å². The highest BCUT2D eigenvalue weighted by Gasteiger charge is 2.11. The Morgan fingerprint density at radius 3 is 2.70 bits per heavy atom. The molecule has 5 heteroatoms. The molecular formula is C15H17ClN2O2. The molecule has 0 unspecified atom stereocenters. The Kier molecular flexibility index (Phi) is 4.82. The summed E-state index contributed by atoms with van der Waals surface area (Å²) in [5.41, 5.74) is 1.84. The number of hydrogen-bond donors (Lipinski definition) is 2. The van der Waals surface area contributed by atoms with E-state index in [1.165, 1.54) is 7.11 Å². The Bertz CT molecular complexity index is 576. The molecule has 1 aromatic carbocycles. The van der Waals surface area contributed by atoms with Gasteiger partial charge in [0, 0.05) is 41.6 Å². The van der Waals surface area contributed by atoms with Gasteiger partial charge in [-0.05, 0) is 30.7 Å². The number of pyridine rings is 1. The fourth-order valence-electron chi connectivity index (χ4n) is 1.95. The third kappa shape index (κ3) is 3.40. The Morgan fingerprint density at radius 2 is 2.05 bits per heavy atom. The van der Waals surface area contributed by atoms with Gasteiger partial charge in [0.25, 0.3) is 0 Å². The number of nitrogens with one attached hydrogen (secondary N) is 1. The van der Waals surface area contributed by atoms with Crippen LogP contribution in [0.5, 0.6) is 11.5 Å². The Balaban J connectivity index is 2.09. The zero-order valence-electron chi connectivity index (χ0n) is 11.4. The number of nitrogens with zero attached hydrogens (tertiary/aromatic N) is 1. The summed E-state index contributed by atoms with van der Waals surface area (Å²) in [5, 5.41) is 13.9. The highest BCUT2D eigenvalue weighted by Crippen LogP contribution is 2.33. The van der Waals surface area contributed by atoms with Gasteiger partial charge in [0.15, 0.2) is 11.5 Å². The van der Waals surface area contributed by atoms with Crippen LogP contribution < -0.4 is 10.1 Å². The van der Waals surface area contributed by atoms with Crippen LogP contribution >= 0.6 is 11.6 Å². The van der Waals surface area contributed by atoms with E-state index < -0.39 is 0 Å². The quantitative estimate of drug-likeness (QED) is 0.888. The molecule has 0 aliphatic carbocycles. The van der Waals surface area contributed by atoms with Crippen molar-refractivity contribution in [1.29, 1.82) is 0 Å². The van der Waals surface area contributed by atoms with E-state index in [-0.39, 0.29) is 11.8 Å².